The largest absolute Gasteiger partial charge is 0.473 e. The van der Waals surface area contributed by atoms with E-state index in [0.29, 0.717) is 19.5 Å². The lowest BCUT2D eigenvalue weighted by atomic mass is 10.0. The number of aliphatic hydroxyl groups is 1. The van der Waals surface area contributed by atoms with Gasteiger partial charge in [-0.2, -0.15) is 15.3 Å². The highest BCUT2D eigenvalue weighted by atomic mass is 16.5. The molecule has 0 saturated heterocycles. The molecule has 3 aromatic heterocycles. The van der Waals surface area contributed by atoms with Gasteiger partial charge in [0.15, 0.2) is 0 Å². The molecule has 0 spiro atoms. The number of aromatic amines is 1. The maximum Gasteiger partial charge on any atom is 0.219 e. The second-order valence-corrected chi connectivity index (χ2v) is 10.5. The van der Waals surface area contributed by atoms with Crippen LogP contribution in [0.1, 0.15) is 49.8 Å². The second kappa shape index (κ2) is 9.22. The van der Waals surface area contributed by atoms with Crippen LogP contribution in [0.5, 0.6) is 5.88 Å². The van der Waals surface area contributed by atoms with Crippen molar-refractivity contribution in [3.05, 3.63) is 47.0 Å². The van der Waals surface area contributed by atoms with Crippen LogP contribution in [0.2, 0.25) is 0 Å². The number of aromatic nitrogens is 6. The molecule has 1 aromatic carbocycles. The summed E-state index contributed by atoms with van der Waals surface area (Å²) in [5.41, 5.74) is 6.25. The van der Waals surface area contributed by atoms with Crippen LogP contribution < -0.4 is 4.74 Å². The van der Waals surface area contributed by atoms with Crippen molar-refractivity contribution >= 4 is 23.1 Å². The summed E-state index contributed by atoms with van der Waals surface area (Å²) in [6, 6.07) is 6.22. The Balaban J connectivity index is 1.62. The normalized spacial score (nSPS) is 17.0. The van der Waals surface area contributed by atoms with E-state index >= 15 is 0 Å². The Bertz CT molecular complexity index is 1420. The molecule has 0 amide bonds. The first-order valence-electron chi connectivity index (χ1n) is 12.4. The van der Waals surface area contributed by atoms with Crippen molar-refractivity contribution in [2.24, 2.45) is 7.05 Å². The third kappa shape index (κ3) is 4.81. The van der Waals surface area contributed by atoms with Gasteiger partial charge in [0.25, 0.3) is 0 Å². The molecule has 4 aromatic rings. The van der Waals surface area contributed by atoms with Gasteiger partial charge in [0.05, 0.1) is 34.3 Å². The van der Waals surface area contributed by atoms with Crippen LogP contribution in [0.25, 0.3) is 34.2 Å². The summed E-state index contributed by atoms with van der Waals surface area (Å²) >= 11 is 0. The lowest BCUT2D eigenvalue weighted by molar-refractivity contribution is 0.0648. The van der Waals surface area contributed by atoms with Crippen molar-refractivity contribution in [2.75, 3.05) is 13.6 Å². The number of benzene rings is 1. The van der Waals surface area contributed by atoms with E-state index in [9.17, 15) is 5.11 Å². The van der Waals surface area contributed by atoms with Crippen molar-refractivity contribution in [3.63, 3.8) is 0 Å². The molecule has 2 bridgehead atoms. The third-order valence-corrected chi connectivity index (χ3v) is 6.76. The molecule has 0 saturated carbocycles. The molecule has 1 atom stereocenters. The van der Waals surface area contributed by atoms with Crippen LogP contribution in [-0.4, -0.2) is 65.1 Å². The molecule has 0 unspecified atom stereocenters. The minimum absolute atomic E-state index is 0.0557. The lowest BCUT2D eigenvalue weighted by Crippen LogP contribution is -2.31. The summed E-state index contributed by atoms with van der Waals surface area (Å²) in [5, 5.41) is 28.4. The number of nitrogens with one attached hydrogen (secondary N) is 1. The van der Waals surface area contributed by atoms with Crippen molar-refractivity contribution in [3.8, 4) is 17.0 Å². The first-order chi connectivity index (χ1) is 17.1. The average Bonchev–Trinajstić information content (AvgIpc) is 3.46. The van der Waals surface area contributed by atoms with Gasteiger partial charge in [-0.05, 0) is 71.0 Å². The summed E-state index contributed by atoms with van der Waals surface area (Å²) in [5.74, 6) is 0.748. The predicted molar refractivity (Wildman–Crippen MR) is 142 cm³/mol. The zero-order chi connectivity index (χ0) is 25.6. The zero-order valence-electron chi connectivity index (χ0n) is 21.9. The molecule has 9 heteroatoms. The molecular weight excluding hydrogens is 454 g/mol. The maximum absolute atomic E-state index is 10.3. The van der Waals surface area contributed by atoms with Gasteiger partial charge in [0.2, 0.25) is 5.88 Å². The number of rotatable bonds is 3. The smallest absolute Gasteiger partial charge is 0.219 e. The Hall–Kier alpha value is -3.43. The minimum atomic E-state index is -0.747. The summed E-state index contributed by atoms with van der Waals surface area (Å²) in [6.45, 7) is 9.89. The standard InChI is InChI=1S/C27H35N7O2/c1-17-15-32(5)16-25-20(18(2)34(31-25)12-11-27(3,4)35)8-10-24-21-13-19(7-9-23(21)29-30-24)22-14-28-33(6)26(22)36-17/h7-10,13-14,17,35H,11-12,15-16H2,1-6H3,(H,29,30)/t17-/m0/s1. The monoisotopic (exact) mass is 489 g/mol. The van der Waals surface area contributed by atoms with Crippen LogP contribution in [-0.2, 0) is 20.1 Å². The molecule has 36 heavy (non-hydrogen) atoms. The molecule has 0 radical (unpaired) electrons. The fourth-order valence-corrected chi connectivity index (χ4v) is 4.80. The van der Waals surface area contributed by atoms with Crippen molar-refractivity contribution in [1.29, 1.82) is 0 Å². The van der Waals surface area contributed by atoms with Gasteiger partial charge in [0, 0.05) is 43.3 Å². The highest BCUT2D eigenvalue weighted by Crippen LogP contribution is 2.33. The van der Waals surface area contributed by atoms with E-state index < -0.39 is 5.60 Å². The predicted octanol–water partition coefficient (Wildman–Crippen LogP) is 4.01. The summed E-state index contributed by atoms with van der Waals surface area (Å²) in [4.78, 5) is 2.23. The number of likely N-dealkylation sites (N-methyl/N-ethyl adjacent to an activating group) is 1. The van der Waals surface area contributed by atoms with Crippen molar-refractivity contribution in [2.45, 2.75) is 58.9 Å². The molecule has 2 N–H and O–H groups in total. The number of H-pyrrole nitrogens is 1. The number of fused-ring (bicyclic) bond motifs is 4. The van der Waals surface area contributed by atoms with Gasteiger partial charge in [-0.3, -0.25) is 14.7 Å². The summed E-state index contributed by atoms with van der Waals surface area (Å²) < 4.78 is 10.2. The molecule has 0 fully saturated rings. The number of hydrogen-bond donors (Lipinski definition) is 2. The van der Waals surface area contributed by atoms with Crippen LogP contribution in [0.15, 0.2) is 24.4 Å². The van der Waals surface area contributed by atoms with Gasteiger partial charge >= 0.3 is 0 Å². The Morgan fingerprint density at radius 3 is 2.81 bits per heavy atom. The van der Waals surface area contributed by atoms with E-state index in [2.05, 4.69) is 65.4 Å². The molecule has 1 aliphatic rings. The van der Waals surface area contributed by atoms with E-state index in [1.54, 1.807) is 4.68 Å². The van der Waals surface area contributed by atoms with E-state index in [1.807, 2.05) is 37.8 Å². The molecule has 5 rings (SSSR count). The molecule has 4 heterocycles. The minimum Gasteiger partial charge on any atom is -0.473 e. The Morgan fingerprint density at radius 2 is 2.03 bits per heavy atom. The average molecular weight is 490 g/mol. The third-order valence-electron chi connectivity index (χ3n) is 6.76. The SMILES string of the molecule is Cc1c2c(nn1CCC(C)(C)O)CN(C)C[C@H](C)Oc1c(cnn1C)-c1ccc3n[nH]c(c3c1)C=C2. The van der Waals surface area contributed by atoms with Gasteiger partial charge in [0.1, 0.15) is 6.10 Å². The first-order valence-corrected chi connectivity index (χ1v) is 12.4. The Morgan fingerprint density at radius 1 is 1.22 bits per heavy atom. The van der Waals surface area contributed by atoms with Gasteiger partial charge in [-0.25, -0.2) is 4.68 Å². The number of aryl methyl sites for hydroxylation is 2. The molecule has 1 aliphatic heterocycles. The van der Waals surface area contributed by atoms with Gasteiger partial charge in [-0.15, -0.1) is 0 Å². The zero-order valence-corrected chi connectivity index (χ0v) is 21.9. The van der Waals surface area contributed by atoms with E-state index in [0.717, 1.165) is 57.1 Å². The highest BCUT2D eigenvalue weighted by molar-refractivity contribution is 5.93. The van der Waals surface area contributed by atoms with Crippen LogP contribution in [0.3, 0.4) is 0 Å². The van der Waals surface area contributed by atoms with Gasteiger partial charge < -0.3 is 9.84 Å². The van der Waals surface area contributed by atoms with Crippen LogP contribution >= 0.6 is 0 Å². The van der Waals surface area contributed by atoms with E-state index in [1.165, 1.54) is 0 Å². The van der Waals surface area contributed by atoms with Crippen molar-refractivity contribution in [1.82, 2.24) is 34.7 Å². The first kappa shape index (κ1) is 24.3. The fraction of sp³-hybridized carbons (Fsp3) is 0.444. The Kier molecular flexibility index (Phi) is 6.22. The topological polar surface area (TPSA) is 97.0 Å². The van der Waals surface area contributed by atoms with Crippen LogP contribution in [0.4, 0.5) is 0 Å². The quantitative estimate of drug-likeness (QED) is 0.451. The molecular formula is C27H35N7O2. The van der Waals surface area contributed by atoms with E-state index in [4.69, 9.17) is 9.84 Å². The lowest BCUT2D eigenvalue weighted by Gasteiger charge is -2.22. The molecule has 0 aliphatic carbocycles. The summed E-state index contributed by atoms with van der Waals surface area (Å²) in [6.07, 6.45) is 6.63. The van der Waals surface area contributed by atoms with Crippen molar-refractivity contribution < 1.29 is 9.84 Å². The van der Waals surface area contributed by atoms with E-state index in [-0.39, 0.29) is 6.10 Å². The number of ether oxygens (including phenoxy) is 1. The van der Waals surface area contributed by atoms with Crippen LogP contribution in [0, 0.1) is 6.92 Å². The second-order valence-electron chi connectivity index (χ2n) is 10.5. The van der Waals surface area contributed by atoms with Gasteiger partial charge in [-0.1, -0.05) is 6.07 Å². The molecule has 190 valence electrons. The number of nitrogens with zero attached hydrogens (tertiary/aromatic N) is 6. The fourth-order valence-electron chi connectivity index (χ4n) is 4.80. The Labute approximate surface area is 211 Å². The summed E-state index contributed by atoms with van der Waals surface area (Å²) in [7, 11) is 3.99. The highest BCUT2D eigenvalue weighted by Gasteiger charge is 2.21. The maximum atomic E-state index is 10.3. The molecule has 9 nitrogen and oxygen atoms in total. The number of hydrogen-bond acceptors (Lipinski definition) is 6.